The number of anilines is 1. The molecule has 2 aromatic rings. The number of nitrogens with zero attached hydrogens (tertiary/aromatic N) is 3. The van der Waals surface area contributed by atoms with E-state index in [0.717, 1.165) is 36.4 Å². The smallest absolute Gasteiger partial charge is 0.257 e. The van der Waals surface area contributed by atoms with E-state index in [2.05, 4.69) is 14.9 Å². The maximum absolute atomic E-state index is 9.24. The van der Waals surface area contributed by atoms with Gasteiger partial charge in [-0.3, -0.25) is 0 Å². The van der Waals surface area contributed by atoms with Gasteiger partial charge in [-0.15, -0.1) is 0 Å². The maximum atomic E-state index is 9.24. The number of aromatic nitrogens is 2. The number of aliphatic hydroxyl groups excluding tert-OH is 1. The number of benzene rings is 1. The first-order chi connectivity index (χ1) is 9.31. The van der Waals surface area contributed by atoms with Gasteiger partial charge in [0.2, 0.25) is 0 Å². The molecule has 3 rings (SSSR count). The zero-order valence-electron chi connectivity index (χ0n) is 10.9. The van der Waals surface area contributed by atoms with Gasteiger partial charge in [0, 0.05) is 25.6 Å². The molecule has 5 heteroatoms. The molecule has 0 saturated carbocycles. The Morgan fingerprint density at radius 2 is 2.05 bits per heavy atom. The average molecular weight is 259 g/mol. The zero-order chi connectivity index (χ0) is 13.2. The minimum absolute atomic E-state index is 0.222. The fraction of sp³-hybridized carbons (Fsp3) is 0.429. The van der Waals surface area contributed by atoms with Crippen LogP contribution in [0.25, 0.3) is 11.0 Å². The molecule has 1 aromatic carbocycles. The van der Waals surface area contributed by atoms with E-state index in [1.807, 2.05) is 24.3 Å². The first kappa shape index (κ1) is 12.2. The fourth-order valence-corrected chi connectivity index (χ4v) is 2.49. The van der Waals surface area contributed by atoms with E-state index in [-0.39, 0.29) is 6.61 Å². The minimum Gasteiger partial charge on any atom is -0.478 e. The monoisotopic (exact) mass is 259 g/mol. The molecule has 1 unspecified atom stereocenters. The van der Waals surface area contributed by atoms with E-state index >= 15 is 0 Å². The Balaban J connectivity index is 2.02. The van der Waals surface area contributed by atoms with Crippen LogP contribution in [-0.4, -0.2) is 41.9 Å². The van der Waals surface area contributed by atoms with E-state index in [1.165, 1.54) is 0 Å². The highest BCUT2D eigenvalue weighted by molar-refractivity contribution is 5.77. The van der Waals surface area contributed by atoms with Gasteiger partial charge < -0.3 is 14.7 Å². The summed E-state index contributed by atoms with van der Waals surface area (Å²) < 4.78 is 5.36. The Morgan fingerprint density at radius 1 is 1.32 bits per heavy atom. The van der Waals surface area contributed by atoms with Crippen molar-refractivity contribution in [3.63, 3.8) is 0 Å². The van der Waals surface area contributed by atoms with Crippen molar-refractivity contribution in [3.8, 4) is 5.88 Å². The first-order valence-electron chi connectivity index (χ1n) is 6.48. The standard InChI is InChI=1S/C14H17N3O2/c1-19-14-13(17-7-6-10(8-17)9-18)15-11-4-2-3-5-12(11)16-14/h2-5,10,18H,6-9H2,1H3. The SMILES string of the molecule is COc1nc2ccccc2nc1N1CCC(CO)C1. The Labute approximate surface area is 111 Å². The number of hydrogen-bond donors (Lipinski definition) is 1. The summed E-state index contributed by atoms with van der Waals surface area (Å²) in [5.41, 5.74) is 1.70. The lowest BCUT2D eigenvalue weighted by Crippen LogP contribution is -2.22. The molecule has 0 bridgehead atoms. The van der Waals surface area contributed by atoms with Crippen molar-refractivity contribution < 1.29 is 9.84 Å². The molecule has 0 aliphatic carbocycles. The van der Waals surface area contributed by atoms with Gasteiger partial charge in [-0.25, -0.2) is 9.97 Å². The second-order valence-electron chi connectivity index (χ2n) is 4.83. The third-order valence-electron chi connectivity index (χ3n) is 3.56. The van der Waals surface area contributed by atoms with E-state index in [1.54, 1.807) is 7.11 Å². The topological polar surface area (TPSA) is 58.5 Å². The minimum atomic E-state index is 0.222. The van der Waals surface area contributed by atoms with E-state index in [9.17, 15) is 5.11 Å². The summed E-state index contributed by atoms with van der Waals surface area (Å²) in [7, 11) is 1.61. The summed E-state index contributed by atoms with van der Waals surface area (Å²) in [6.07, 6.45) is 0.980. The molecule has 0 radical (unpaired) electrons. The Kier molecular flexibility index (Phi) is 3.21. The van der Waals surface area contributed by atoms with Gasteiger partial charge in [0.25, 0.3) is 5.88 Å². The summed E-state index contributed by atoms with van der Waals surface area (Å²) in [5.74, 6) is 1.65. The van der Waals surface area contributed by atoms with Crippen LogP contribution in [0.1, 0.15) is 6.42 Å². The first-order valence-corrected chi connectivity index (χ1v) is 6.48. The predicted molar refractivity (Wildman–Crippen MR) is 73.5 cm³/mol. The van der Waals surface area contributed by atoms with Crippen molar-refractivity contribution in [1.29, 1.82) is 0 Å². The molecular formula is C14H17N3O2. The van der Waals surface area contributed by atoms with Crippen LogP contribution in [0.4, 0.5) is 5.82 Å². The lowest BCUT2D eigenvalue weighted by atomic mass is 10.1. The van der Waals surface area contributed by atoms with Crippen LogP contribution in [0.15, 0.2) is 24.3 Å². The Morgan fingerprint density at radius 3 is 2.68 bits per heavy atom. The lowest BCUT2D eigenvalue weighted by Gasteiger charge is -2.19. The molecule has 1 fully saturated rings. The van der Waals surface area contributed by atoms with E-state index < -0.39 is 0 Å². The van der Waals surface area contributed by atoms with Crippen LogP contribution in [0, 0.1) is 5.92 Å². The van der Waals surface area contributed by atoms with Crippen molar-refractivity contribution >= 4 is 16.9 Å². The number of methoxy groups -OCH3 is 1. The van der Waals surface area contributed by atoms with Crippen molar-refractivity contribution in [1.82, 2.24) is 9.97 Å². The second-order valence-corrected chi connectivity index (χ2v) is 4.83. The van der Waals surface area contributed by atoms with Crippen molar-refractivity contribution in [2.24, 2.45) is 5.92 Å². The van der Waals surface area contributed by atoms with Gasteiger partial charge >= 0.3 is 0 Å². The van der Waals surface area contributed by atoms with Gasteiger partial charge in [-0.2, -0.15) is 0 Å². The molecule has 1 aromatic heterocycles. The number of rotatable bonds is 3. The van der Waals surface area contributed by atoms with Crippen LogP contribution >= 0.6 is 0 Å². The van der Waals surface area contributed by atoms with E-state index in [0.29, 0.717) is 11.8 Å². The van der Waals surface area contributed by atoms with Gasteiger partial charge in [0.1, 0.15) is 0 Å². The number of ether oxygens (including phenoxy) is 1. The van der Waals surface area contributed by atoms with Gasteiger partial charge in [-0.05, 0) is 18.6 Å². The van der Waals surface area contributed by atoms with Crippen LogP contribution in [0.5, 0.6) is 5.88 Å². The summed E-state index contributed by atoms with van der Waals surface area (Å²) in [4.78, 5) is 11.3. The largest absolute Gasteiger partial charge is 0.478 e. The number of aliphatic hydroxyl groups is 1. The highest BCUT2D eigenvalue weighted by Crippen LogP contribution is 2.30. The highest BCUT2D eigenvalue weighted by atomic mass is 16.5. The van der Waals surface area contributed by atoms with Crippen molar-refractivity contribution in [3.05, 3.63) is 24.3 Å². The van der Waals surface area contributed by atoms with Gasteiger partial charge in [0.05, 0.1) is 18.1 Å². The fourth-order valence-electron chi connectivity index (χ4n) is 2.49. The number of hydrogen-bond acceptors (Lipinski definition) is 5. The maximum Gasteiger partial charge on any atom is 0.257 e. The van der Waals surface area contributed by atoms with Crippen LogP contribution in [0.2, 0.25) is 0 Å². The molecule has 1 aliphatic heterocycles. The molecule has 1 N–H and O–H groups in total. The molecule has 1 aliphatic rings. The quantitative estimate of drug-likeness (QED) is 0.904. The highest BCUT2D eigenvalue weighted by Gasteiger charge is 2.26. The third kappa shape index (κ3) is 2.21. The van der Waals surface area contributed by atoms with Crippen LogP contribution in [0.3, 0.4) is 0 Å². The van der Waals surface area contributed by atoms with Gasteiger partial charge in [-0.1, -0.05) is 12.1 Å². The Hall–Kier alpha value is -1.88. The Bertz CT molecular complexity index is 588. The predicted octanol–water partition coefficient (Wildman–Crippen LogP) is 1.46. The molecule has 19 heavy (non-hydrogen) atoms. The molecule has 0 spiro atoms. The lowest BCUT2D eigenvalue weighted by molar-refractivity contribution is 0.238. The molecule has 2 heterocycles. The van der Waals surface area contributed by atoms with Crippen molar-refractivity contribution in [2.75, 3.05) is 31.7 Å². The zero-order valence-corrected chi connectivity index (χ0v) is 10.9. The molecule has 1 saturated heterocycles. The summed E-state index contributed by atoms with van der Waals surface area (Å²) in [5, 5.41) is 9.24. The number of para-hydroxylation sites is 2. The summed E-state index contributed by atoms with van der Waals surface area (Å²) in [6, 6.07) is 7.77. The molecule has 5 nitrogen and oxygen atoms in total. The summed E-state index contributed by atoms with van der Waals surface area (Å²) >= 11 is 0. The van der Waals surface area contributed by atoms with Crippen LogP contribution < -0.4 is 9.64 Å². The third-order valence-corrected chi connectivity index (χ3v) is 3.56. The molecule has 100 valence electrons. The summed E-state index contributed by atoms with van der Waals surface area (Å²) in [6.45, 7) is 1.91. The number of fused-ring (bicyclic) bond motifs is 1. The van der Waals surface area contributed by atoms with E-state index in [4.69, 9.17) is 4.74 Å². The molecule has 1 atom stereocenters. The molecule has 0 amide bonds. The molecular weight excluding hydrogens is 242 g/mol. The van der Waals surface area contributed by atoms with Crippen LogP contribution in [-0.2, 0) is 0 Å². The average Bonchev–Trinajstić information content (AvgIpc) is 2.94. The van der Waals surface area contributed by atoms with Crippen molar-refractivity contribution in [2.45, 2.75) is 6.42 Å². The van der Waals surface area contributed by atoms with Gasteiger partial charge in [0.15, 0.2) is 5.82 Å². The second kappa shape index (κ2) is 5.01. The normalized spacial score (nSPS) is 19.1.